The predicted octanol–water partition coefficient (Wildman–Crippen LogP) is 3.59. The third kappa shape index (κ3) is 4.38. The molecule has 2 aromatic carbocycles. The molecule has 0 spiro atoms. The van der Waals surface area contributed by atoms with Gasteiger partial charge in [0.15, 0.2) is 0 Å². The number of anilines is 1. The van der Waals surface area contributed by atoms with E-state index in [9.17, 15) is 22.8 Å². The van der Waals surface area contributed by atoms with E-state index in [4.69, 9.17) is 5.26 Å². The molecule has 0 fully saturated rings. The van der Waals surface area contributed by atoms with Crippen LogP contribution in [0.2, 0.25) is 0 Å². The summed E-state index contributed by atoms with van der Waals surface area (Å²) in [5, 5.41) is 11.8. The summed E-state index contributed by atoms with van der Waals surface area (Å²) in [4.78, 5) is 27.2. The molecule has 3 aromatic rings. The summed E-state index contributed by atoms with van der Waals surface area (Å²) in [6.45, 7) is 1.81. The lowest BCUT2D eigenvalue weighted by Crippen LogP contribution is -2.34. The van der Waals surface area contributed by atoms with Crippen LogP contribution in [0.3, 0.4) is 0 Å². The van der Waals surface area contributed by atoms with Crippen LogP contribution >= 0.6 is 0 Å². The second-order valence-electron chi connectivity index (χ2n) is 6.31. The maximum Gasteiger partial charge on any atom is 0.416 e. The van der Waals surface area contributed by atoms with Crippen molar-refractivity contribution >= 4 is 5.82 Å². The number of aromatic nitrogens is 2. The molecule has 1 atom stereocenters. The minimum atomic E-state index is -4.51. The van der Waals surface area contributed by atoms with Crippen LogP contribution in [-0.2, 0) is 6.18 Å². The van der Waals surface area contributed by atoms with Crippen molar-refractivity contribution in [3.8, 4) is 11.8 Å². The number of benzene rings is 2. The van der Waals surface area contributed by atoms with E-state index in [0.29, 0.717) is 5.56 Å². The first kappa shape index (κ1) is 19.9. The molecule has 6 nitrogen and oxygen atoms in total. The first-order valence-electron chi connectivity index (χ1n) is 8.49. The number of hydrogen-bond donors (Lipinski definition) is 2. The highest BCUT2D eigenvalue weighted by atomic mass is 19.4. The number of aromatic amines is 1. The third-order valence-corrected chi connectivity index (χ3v) is 4.30. The van der Waals surface area contributed by atoms with Gasteiger partial charge in [0.1, 0.15) is 5.82 Å². The van der Waals surface area contributed by atoms with Crippen LogP contribution in [0.25, 0.3) is 5.69 Å². The summed E-state index contributed by atoms with van der Waals surface area (Å²) < 4.78 is 38.8. The molecule has 0 aliphatic heterocycles. The van der Waals surface area contributed by atoms with Crippen LogP contribution in [0.15, 0.2) is 64.2 Å². The summed E-state index contributed by atoms with van der Waals surface area (Å²) in [7, 11) is 0. The molecular weight excluding hydrogens is 385 g/mol. The van der Waals surface area contributed by atoms with Gasteiger partial charge >= 0.3 is 11.9 Å². The number of nitrogens with zero attached hydrogens (tertiary/aromatic N) is 2. The Bertz CT molecular complexity index is 1140. The van der Waals surface area contributed by atoms with Crippen LogP contribution in [0, 0.1) is 11.3 Å². The van der Waals surface area contributed by atoms with E-state index in [1.807, 2.05) is 6.07 Å². The Morgan fingerprint density at radius 1 is 1.07 bits per heavy atom. The zero-order valence-corrected chi connectivity index (χ0v) is 15.1. The summed E-state index contributed by atoms with van der Waals surface area (Å²) in [5.41, 5.74) is -0.990. The first-order valence-corrected chi connectivity index (χ1v) is 8.49. The fourth-order valence-electron chi connectivity index (χ4n) is 2.78. The van der Waals surface area contributed by atoms with Gasteiger partial charge in [-0.2, -0.15) is 18.4 Å². The standard InChI is InChI=1S/C20H15F3N4O2/c1-12(14-4-2-13(11-24)3-5-14)25-17-10-18(28)27(19(29)26-17)16-8-6-15(7-9-16)20(21,22)23/h2-10,12,25H,1H3,(H,26,29)/t12-/m0/s1. The van der Waals surface area contributed by atoms with Crippen LogP contribution in [0.5, 0.6) is 0 Å². The van der Waals surface area contributed by atoms with Crippen LogP contribution in [-0.4, -0.2) is 9.55 Å². The summed E-state index contributed by atoms with van der Waals surface area (Å²) in [6.07, 6.45) is -4.51. The molecular formula is C20H15F3N4O2. The van der Waals surface area contributed by atoms with E-state index in [-0.39, 0.29) is 17.5 Å². The Hall–Kier alpha value is -3.80. The highest BCUT2D eigenvalue weighted by Gasteiger charge is 2.30. The van der Waals surface area contributed by atoms with Gasteiger partial charge in [0.05, 0.1) is 22.9 Å². The Morgan fingerprint density at radius 3 is 2.21 bits per heavy atom. The smallest absolute Gasteiger partial charge is 0.365 e. The van der Waals surface area contributed by atoms with Crippen LogP contribution in [0.4, 0.5) is 19.0 Å². The zero-order valence-electron chi connectivity index (χ0n) is 15.1. The molecule has 0 saturated heterocycles. The van der Waals surface area contributed by atoms with Gasteiger partial charge in [0.25, 0.3) is 5.56 Å². The molecule has 1 aromatic heterocycles. The molecule has 1 heterocycles. The Morgan fingerprint density at radius 2 is 1.69 bits per heavy atom. The lowest BCUT2D eigenvalue weighted by molar-refractivity contribution is -0.137. The minimum Gasteiger partial charge on any atom is -0.365 e. The van der Waals surface area contributed by atoms with Crippen molar-refractivity contribution in [1.29, 1.82) is 5.26 Å². The molecule has 0 saturated carbocycles. The van der Waals surface area contributed by atoms with Crippen molar-refractivity contribution in [2.45, 2.75) is 19.1 Å². The number of halogens is 3. The van der Waals surface area contributed by atoms with Gasteiger partial charge in [-0.1, -0.05) is 12.1 Å². The molecule has 0 unspecified atom stereocenters. The highest BCUT2D eigenvalue weighted by molar-refractivity contribution is 5.41. The normalized spacial score (nSPS) is 12.2. The Kier molecular flexibility index (Phi) is 5.28. The van der Waals surface area contributed by atoms with E-state index < -0.39 is 23.0 Å². The van der Waals surface area contributed by atoms with Gasteiger partial charge in [-0.25, -0.2) is 9.36 Å². The number of rotatable bonds is 4. The van der Waals surface area contributed by atoms with Gasteiger partial charge in [-0.05, 0) is 48.9 Å². The fraction of sp³-hybridized carbons (Fsp3) is 0.150. The minimum absolute atomic E-state index is 0.0240. The fourth-order valence-corrected chi connectivity index (χ4v) is 2.78. The number of nitriles is 1. The van der Waals surface area contributed by atoms with Crippen molar-refractivity contribution in [1.82, 2.24) is 9.55 Å². The van der Waals surface area contributed by atoms with E-state index >= 15 is 0 Å². The number of nitrogens with one attached hydrogen (secondary N) is 2. The van der Waals surface area contributed by atoms with Gasteiger partial charge < -0.3 is 5.32 Å². The lowest BCUT2D eigenvalue weighted by atomic mass is 10.1. The van der Waals surface area contributed by atoms with Crippen molar-refractivity contribution in [3.05, 3.63) is 92.1 Å². The Labute approximate surface area is 162 Å². The van der Waals surface area contributed by atoms with E-state index in [1.165, 1.54) is 0 Å². The van der Waals surface area contributed by atoms with Crippen molar-refractivity contribution in [2.24, 2.45) is 0 Å². The zero-order chi connectivity index (χ0) is 21.2. The van der Waals surface area contributed by atoms with Crippen molar-refractivity contribution in [3.63, 3.8) is 0 Å². The second-order valence-corrected chi connectivity index (χ2v) is 6.31. The van der Waals surface area contributed by atoms with Crippen molar-refractivity contribution < 1.29 is 13.2 Å². The predicted molar refractivity (Wildman–Crippen MR) is 101 cm³/mol. The van der Waals surface area contributed by atoms with Gasteiger partial charge in [0.2, 0.25) is 0 Å². The molecule has 0 aliphatic rings. The van der Waals surface area contributed by atoms with Crippen molar-refractivity contribution in [2.75, 3.05) is 5.32 Å². The molecule has 29 heavy (non-hydrogen) atoms. The molecule has 3 rings (SSSR count). The topological polar surface area (TPSA) is 90.7 Å². The van der Waals surface area contributed by atoms with Crippen LogP contribution in [0.1, 0.15) is 29.7 Å². The second kappa shape index (κ2) is 7.67. The lowest BCUT2D eigenvalue weighted by Gasteiger charge is -2.16. The third-order valence-electron chi connectivity index (χ3n) is 4.30. The number of hydrogen-bond acceptors (Lipinski definition) is 4. The van der Waals surface area contributed by atoms with Gasteiger partial charge in [-0.3, -0.25) is 9.78 Å². The molecule has 0 bridgehead atoms. The molecule has 0 radical (unpaired) electrons. The largest absolute Gasteiger partial charge is 0.416 e. The summed E-state index contributed by atoms with van der Waals surface area (Å²) >= 11 is 0. The summed E-state index contributed by atoms with van der Waals surface area (Å²) in [5.74, 6) is 0.167. The van der Waals surface area contributed by atoms with E-state index in [1.54, 1.807) is 31.2 Å². The van der Waals surface area contributed by atoms with E-state index in [0.717, 1.165) is 40.5 Å². The maximum absolute atomic E-state index is 12.7. The number of alkyl halides is 3. The SMILES string of the molecule is C[C@H](Nc1cc(=O)n(-c2ccc(C(F)(F)F)cc2)c(=O)[nH]1)c1ccc(C#N)cc1. The molecule has 0 amide bonds. The van der Waals surface area contributed by atoms with Gasteiger partial charge in [0, 0.05) is 12.1 Å². The Balaban J connectivity index is 1.86. The van der Waals surface area contributed by atoms with Gasteiger partial charge in [-0.15, -0.1) is 0 Å². The molecule has 9 heteroatoms. The quantitative estimate of drug-likeness (QED) is 0.700. The molecule has 0 aliphatic carbocycles. The van der Waals surface area contributed by atoms with Crippen LogP contribution < -0.4 is 16.6 Å². The average molecular weight is 400 g/mol. The van der Waals surface area contributed by atoms with E-state index in [2.05, 4.69) is 10.3 Å². The highest BCUT2D eigenvalue weighted by Crippen LogP contribution is 2.29. The average Bonchev–Trinajstić information content (AvgIpc) is 2.67. The summed E-state index contributed by atoms with van der Waals surface area (Å²) in [6, 6.07) is 13.4. The first-order chi connectivity index (χ1) is 13.7. The maximum atomic E-state index is 12.7. The monoisotopic (exact) mass is 400 g/mol. The molecule has 148 valence electrons. The number of H-pyrrole nitrogens is 1. The molecule has 2 N–H and O–H groups in total.